The summed E-state index contributed by atoms with van der Waals surface area (Å²) in [7, 11) is -2.74. The zero-order valence-electron chi connectivity index (χ0n) is 15.0. The maximum atomic E-state index is 12.9. The molecular formula is C20H17Cl2NO4S. The third-order valence-electron chi connectivity index (χ3n) is 4.08. The van der Waals surface area contributed by atoms with E-state index in [2.05, 4.69) is 4.72 Å². The van der Waals surface area contributed by atoms with Gasteiger partial charge in [0.05, 0.1) is 17.8 Å². The second-order valence-corrected chi connectivity index (χ2v) is 8.62. The number of phenolic OH excluding ortho intramolecular Hbond substituents is 1. The van der Waals surface area contributed by atoms with Gasteiger partial charge in [-0.3, -0.25) is 4.72 Å². The van der Waals surface area contributed by atoms with Gasteiger partial charge in [0.1, 0.15) is 10.6 Å². The van der Waals surface area contributed by atoms with Crippen molar-refractivity contribution in [3.05, 3.63) is 70.2 Å². The van der Waals surface area contributed by atoms with Gasteiger partial charge in [0.2, 0.25) is 0 Å². The number of benzene rings is 3. The van der Waals surface area contributed by atoms with Crippen molar-refractivity contribution in [1.82, 2.24) is 0 Å². The number of hydrogen-bond acceptors (Lipinski definition) is 4. The van der Waals surface area contributed by atoms with Crippen LogP contribution in [0.15, 0.2) is 59.5 Å². The van der Waals surface area contributed by atoms with Crippen LogP contribution in [0.25, 0.3) is 11.1 Å². The van der Waals surface area contributed by atoms with Gasteiger partial charge in [0.25, 0.3) is 10.0 Å². The first-order valence-electron chi connectivity index (χ1n) is 8.17. The van der Waals surface area contributed by atoms with Crippen molar-refractivity contribution < 1.29 is 18.3 Å². The van der Waals surface area contributed by atoms with Gasteiger partial charge in [0, 0.05) is 5.02 Å². The maximum absolute atomic E-state index is 12.9. The van der Waals surface area contributed by atoms with E-state index in [1.165, 1.54) is 13.2 Å². The highest BCUT2D eigenvalue weighted by Crippen LogP contribution is 2.37. The maximum Gasteiger partial charge on any atom is 0.265 e. The number of methoxy groups -OCH3 is 1. The summed E-state index contributed by atoms with van der Waals surface area (Å²) in [6.07, 6.45) is 0. The molecular weight excluding hydrogens is 421 g/mol. The Hall–Kier alpha value is -2.41. The Morgan fingerprint density at radius 2 is 1.71 bits per heavy atom. The fraction of sp³-hybridized carbons (Fsp3) is 0.100. The van der Waals surface area contributed by atoms with Crippen molar-refractivity contribution in [2.24, 2.45) is 0 Å². The average Bonchev–Trinajstić information content (AvgIpc) is 2.64. The molecule has 0 amide bonds. The summed E-state index contributed by atoms with van der Waals surface area (Å²) in [6.45, 7) is 1.97. The molecule has 0 saturated heterocycles. The summed E-state index contributed by atoms with van der Waals surface area (Å²) in [6, 6.07) is 15.4. The number of hydrogen-bond donors (Lipinski definition) is 2. The van der Waals surface area contributed by atoms with Crippen LogP contribution >= 0.6 is 23.2 Å². The standard InChI is InChI=1S/C20H17Cl2NO4S/c1-12-4-3-5-13(8-12)14-6-7-18(27-2)17(9-14)23-28(25,26)19-11-15(21)10-16(22)20(19)24/h3-11,23-24H,1-2H3. The van der Waals surface area contributed by atoms with E-state index in [1.807, 2.05) is 37.3 Å². The SMILES string of the molecule is COc1ccc(-c2cccc(C)c2)cc1NS(=O)(=O)c1cc(Cl)cc(Cl)c1O. The summed E-state index contributed by atoms with van der Waals surface area (Å²) in [5.41, 5.74) is 3.03. The summed E-state index contributed by atoms with van der Waals surface area (Å²) in [5, 5.41) is 10.0. The fourth-order valence-electron chi connectivity index (χ4n) is 2.74. The van der Waals surface area contributed by atoms with E-state index < -0.39 is 20.7 Å². The van der Waals surface area contributed by atoms with E-state index in [0.717, 1.165) is 22.8 Å². The fourth-order valence-corrected chi connectivity index (χ4v) is 4.56. The van der Waals surface area contributed by atoms with Crippen LogP contribution in [0, 0.1) is 6.92 Å². The van der Waals surface area contributed by atoms with E-state index in [-0.39, 0.29) is 15.7 Å². The van der Waals surface area contributed by atoms with Crippen LogP contribution in [-0.2, 0) is 10.0 Å². The first-order chi connectivity index (χ1) is 13.2. The second-order valence-electron chi connectivity index (χ2n) is 6.12. The average molecular weight is 438 g/mol. The van der Waals surface area contributed by atoms with Crippen LogP contribution in [0.5, 0.6) is 11.5 Å². The van der Waals surface area contributed by atoms with Crippen LogP contribution in [-0.4, -0.2) is 20.6 Å². The lowest BCUT2D eigenvalue weighted by Gasteiger charge is -2.15. The topological polar surface area (TPSA) is 75.6 Å². The minimum absolute atomic E-state index is 0.0867. The third kappa shape index (κ3) is 4.19. The van der Waals surface area contributed by atoms with Crippen LogP contribution in [0.3, 0.4) is 0 Å². The first kappa shape index (κ1) is 20.3. The molecule has 0 aliphatic heterocycles. The second kappa shape index (κ2) is 7.91. The molecule has 0 aliphatic carbocycles. The Balaban J connectivity index is 2.07. The lowest BCUT2D eigenvalue weighted by atomic mass is 10.0. The smallest absolute Gasteiger partial charge is 0.265 e. The summed E-state index contributed by atoms with van der Waals surface area (Å²) < 4.78 is 33.4. The molecule has 3 aromatic rings. The Labute approximate surface area is 173 Å². The summed E-state index contributed by atoms with van der Waals surface area (Å²) in [5.74, 6) is -0.250. The van der Waals surface area contributed by atoms with Crippen molar-refractivity contribution in [3.8, 4) is 22.6 Å². The van der Waals surface area contributed by atoms with Crippen molar-refractivity contribution in [1.29, 1.82) is 0 Å². The number of ether oxygens (including phenoxy) is 1. The minimum atomic E-state index is -4.18. The Morgan fingerprint density at radius 1 is 1.00 bits per heavy atom. The van der Waals surface area contributed by atoms with E-state index >= 15 is 0 Å². The highest BCUT2D eigenvalue weighted by molar-refractivity contribution is 7.92. The van der Waals surface area contributed by atoms with Crippen molar-refractivity contribution in [2.45, 2.75) is 11.8 Å². The predicted octanol–water partition coefficient (Wildman–Crippen LogP) is 5.48. The van der Waals surface area contributed by atoms with Crippen molar-refractivity contribution in [3.63, 3.8) is 0 Å². The van der Waals surface area contributed by atoms with Gasteiger partial charge in [-0.2, -0.15) is 0 Å². The van der Waals surface area contributed by atoms with Gasteiger partial charge in [0.15, 0.2) is 5.75 Å². The molecule has 146 valence electrons. The van der Waals surface area contributed by atoms with Crippen LogP contribution in [0.1, 0.15) is 5.56 Å². The van der Waals surface area contributed by atoms with Gasteiger partial charge in [-0.05, 0) is 42.3 Å². The lowest BCUT2D eigenvalue weighted by molar-refractivity contribution is 0.417. The number of nitrogens with one attached hydrogen (secondary N) is 1. The van der Waals surface area contributed by atoms with Crippen LogP contribution in [0.2, 0.25) is 10.0 Å². The van der Waals surface area contributed by atoms with Crippen molar-refractivity contribution in [2.75, 3.05) is 11.8 Å². The zero-order chi connectivity index (χ0) is 20.5. The summed E-state index contributed by atoms with van der Waals surface area (Å²) >= 11 is 11.8. The zero-order valence-corrected chi connectivity index (χ0v) is 17.4. The number of anilines is 1. The van der Waals surface area contributed by atoms with Gasteiger partial charge >= 0.3 is 0 Å². The Morgan fingerprint density at radius 3 is 2.39 bits per heavy atom. The van der Waals surface area contributed by atoms with Crippen molar-refractivity contribution >= 4 is 38.9 Å². The number of aryl methyl sites for hydroxylation is 1. The molecule has 8 heteroatoms. The highest BCUT2D eigenvalue weighted by Gasteiger charge is 2.23. The molecule has 28 heavy (non-hydrogen) atoms. The first-order valence-corrected chi connectivity index (χ1v) is 10.4. The van der Waals surface area contributed by atoms with E-state index in [0.29, 0.717) is 5.75 Å². The van der Waals surface area contributed by atoms with E-state index in [9.17, 15) is 13.5 Å². The number of halogens is 2. The normalized spacial score (nSPS) is 11.3. The van der Waals surface area contributed by atoms with E-state index in [1.54, 1.807) is 12.1 Å². The van der Waals surface area contributed by atoms with Gasteiger partial charge in [-0.15, -0.1) is 0 Å². The third-order valence-corrected chi connectivity index (χ3v) is 5.96. The number of phenols is 1. The minimum Gasteiger partial charge on any atom is -0.505 e. The number of sulfonamides is 1. The highest BCUT2D eigenvalue weighted by atomic mass is 35.5. The molecule has 0 spiro atoms. The molecule has 0 radical (unpaired) electrons. The monoisotopic (exact) mass is 437 g/mol. The molecule has 0 aliphatic rings. The molecule has 0 heterocycles. The van der Waals surface area contributed by atoms with Crippen LogP contribution in [0.4, 0.5) is 5.69 Å². The lowest BCUT2D eigenvalue weighted by Crippen LogP contribution is -2.14. The van der Waals surface area contributed by atoms with Gasteiger partial charge < -0.3 is 9.84 Å². The van der Waals surface area contributed by atoms with Gasteiger partial charge in [-0.25, -0.2) is 8.42 Å². The number of rotatable bonds is 5. The molecule has 0 saturated carbocycles. The quantitative estimate of drug-likeness (QED) is 0.553. The predicted molar refractivity (Wildman–Crippen MR) is 112 cm³/mol. The molecule has 2 N–H and O–H groups in total. The molecule has 0 atom stereocenters. The molecule has 3 aromatic carbocycles. The molecule has 0 aromatic heterocycles. The van der Waals surface area contributed by atoms with Gasteiger partial charge in [-0.1, -0.05) is 59.1 Å². The van der Waals surface area contributed by atoms with E-state index in [4.69, 9.17) is 27.9 Å². The van der Waals surface area contributed by atoms with Crippen LogP contribution < -0.4 is 9.46 Å². The molecule has 0 bridgehead atoms. The Kier molecular flexibility index (Phi) is 5.74. The molecule has 3 rings (SSSR count). The Bertz CT molecular complexity index is 1150. The number of aromatic hydroxyl groups is 1. The summed E-state index contributed by atoms with van der Waals surface area (Å²) in [4.78, 5) is -0.423. The molecule has 0 unspecified atom stereocenters. The largest absolute Gasteiger partial charge is 0.505 e. The molecule has 5 nitrogen and oxygen atoms in total. The molecule has 0 fully saturated rings.